The normalized spacial score (nSPS) is 11.4. The quantitative estimate of drug-likeness (QED) is 0.356. The molecule has 0 aliphatic rings. The number of rotatable bonds is 7. The maximum Gasteiger partial charge on any atom is 0.290 e. The highest BCUT2D eigenvalue weighted by atomic mass is 35.5. The van der Waals surface area contributed by atoms with Crippen molar-refractivity contribution in [2.45, 2.75) is 30.0 Å². The van der Waals surface area contributed by atoms with Crippen molar-refractivity contribution in [3.63, 3.8) is 0 Å². The third-order valence-corrected chi connectivity index (χ3v) is 6.93. The van der Waals surface area contributed by atoms with Crippen LogP contribution in [0.15, 0.2) is 97.9 Å². The van der Waals surface area contributed by atoms with Crippen molar-refractivity contribution >= 4 is 27.3 Å². The molecule has 0 saturated carbocycles. The Hall–Kier alpha value is -3.29. The van der Waals surface area contributed by atoms with Crippen LogP contribution in [-0.4, -0.2) is 19.2 Å². The van der Waals surface area contributed by atoms with Gasteiger partial charge < -0.3 is 13.7 Å². The van der Waals surface area contributed by atoms with Crippen LogP contribution in [0.3, 0.4) is 0 Å². The van der Waals surface area contributed by atoms with Gasteiger partial charge in [0.25, 0.3) is 5.91 Å². The molecule has 0 radical (unpaired) electrons. The fraction of sp³-hybridized carbons (Fsp3) is 0.125. The van der Waals surface area contributed by atoms with Crippen molar-refractivity contribution in [2.24, 2.45) is 0 Å². The lowest BCUT2D eigenvalue weighted by Crippen LogP contribution is -2.29. The minimum Gasteiger partial charge on any atom is -0.467 e. The highest BCUT2D eigenvalue weighted by molar-refractivity contribution is 7.91. The first-order chi connectivity index (χ1) is 15.3. The maximum atomic E-state index is 13.3. The van der Waals surface area contributed by atoms with Crippen molar-refractivity contribution in [3.05, 3.63) is 107 Å². The van der Waals surface area contributed by atoms with Gasteiger partial charge in [0.2, 0.25) is 14.9 Å². The molecule has 0 aliphatic heterocycles. The van der Waals surface area contributed by atoms with Crippen LogP contribution in [-0.2, 0) is 22.9 Å². The van der Waals surface area contributed by atoms with Gasteiger partial charge in [-0.25, -0.2) is 8.42 Å². The van der Waals surface area contributed by atoms with Gasteiger partial charge in [-0.05, 0) is 55.0 Å². The van der Waals surface area contributed by atoms with Gasteiger partial charge in [0.15, 0.2) is 5.76 Å². The second kappa shape index (κ2) is 9.06. The predicted molar refractivity (Wildman–Crippen MR) is 119 cm³/mol. The average molecular weight is 470 g/mol. The Balaban J connectivity index is 1.63. The van der Waals surface area contributed by atoms with Crippen LogP contribution < -0.4 is 0 Å². The third kappa shape index (κ3) is 4.64. The first-order valence-electron chi connectivity index (χ1n) is 9.81. The number of sulfone groups is 1. The zero-order valence-corrected chi connectivity index (χ0v) is 18.8. The number of carbonyl (C=O) groups excluding carboxylic acids is 1. The summed E-state index contributed by atoms with van der Waals surface area (Å²) in [5.74, 6) is 0.00503. The van der Waals surface area contributed by atoms with E-state index < -0.39 is 15.7 Å². The number of nitrogens with zero attached hydrogens (tertiary/aromatic N) is 1. The highest BCUT2D eigenvalue weighted by Gasteiger charge is 2.26. The lowest BCUT2D eigenvalue weighted by Gasteiger charge is -2.21. The summed E-state index contributed by atoms with van der Waals surface area (Å²) >= 11 is 6.28. The van der Waals surface area contributed by atoms with Gasteiger partial charge in [-0.2, -0.15) is 0 Å². The van der Waals surface area contributed by atoms with Crippen LogP contribution in [0.25, 0.3) is 0 Å². The van der Waals surface area contributed by atoms with E-state index in [2.05, 4.69) is 0 Å². The van der Waals surface area contributed by atoms with E-state index in [4.69, 9.17) is 20.4 Å². The highest BCUT2D eigenvalue weighted by Crippen LogP contribution is 2.25. The zero-order chi connectivity index (χ0) is 22.7. The number of benzene rings is 2. The third-order valence-electron chi connectivity index (χ3n) is 4.92. The van der Waals surface area contributed by atoms with E-state index in [0.717, 1.165) is 11.1 Å². The fourth-order valence-corrected chi connectivity index (χ4v) is 4.56. The van der Waals surface area contributed by atoms with Crippen LogP contribution in [0.4, 0.5) is 0 Å². The molecule has 32 heavy (non-hydrogen) atoms. The Labute approximate surface area is 191 Å². The van der Waals surface area contributed by atoms with E-state index in [9.17, 15) is 13.2 Å². The van der Waals surface area contributed by atoms with Gasteiger partial charge in [-0.3, -0.25) is 4.79 Å². The molecule has 0 spiro atoms. The Morgan fingerprint density at radius 2 is 1.69 bits per heavy atom. The minimum absolute atomic E-state index is 0.0886. The van der Waals surface area contributed by atoms with E-state index in [0.29, 0.717) is 10.8 Å². The van der Waals surface area contributed by atoms with E-state index in [1.807, 2.05) is 19.1 Å². The molecule has 0 bridgehead atoms. The molecule has 0 fully saturated rings. The van der Waals surface area contributed by atoms with Gasteiger partial charge >= 0.3 is 0 Å². The molecule has 2 aromatic heterocycles. The topological polar surface area (TPSA) is 80.7 Å². The summed E-state index contributed by atoms with van der Waals surface area (Å²) in [7, 11) is -3.89. The van der Waals surface area contributed by atoms with Crippen LogP contribution >= 0.6 is 11.6 Å². The summed E-state index contributed by atoms with van der Waals surface area (Å²) in [4.78, 5) is 14.8. The number of amides is 1. The second-order valence-electron chi connectivity index (χ2n) is 7.27. The molecule has 0 atom stereocenters. The zero-order valence-electron chi connectivity index (χ0n) is 17.2. The number of aryl methyl sites for hydroxylation is 1. The van der Waals surface area contributed by atoms with E-state index in [1.165, 1.54) is 35.4 Å². The molecule has 0 aliphatic carbocycles. The van der Waals surface area contributed by atoms with Gasteiger partial charge in [0.1, 0.15) is 5.76 Å². The van der Waals surface area contributed by atoms with Gasteiger partial charge in [-0.1, -0.05) is 47.5 Å². The first kappa shape index (κ1) is 21.9. The van der Waals surface area contributed by atoms with E-state index in [-0.39, 0.29) is 28.8 Å². The predicted octanol–water partition coefficient (Wildman–Crippen LogP) is 5.51. The largest absolute Gasteiger partial charge is 0.467 e. The van der Waals surface area contributed by atoms with Crippen molar-refractivity contribution in [1.82, 2.24) is 4.90 Å². The van der Waals surface area contributed by atoms with Crippen molar-refractivity contribution in [3.8, 4) is 0 Å². The number of carbonyl (C=O) groups is 1. The van der Waals surface area contributed by atoms with Gasteiger partial charge in [-0.15, -0.1) is 0 Å². The molecule has 2 heterocycles. The smallest absolute Gasteiger partial charge is 0.290 e. The average Bonchev–Trinajstić information content (AvgIpc) is 3.47. The Bertz CT molecular complexity index is 1320. The molecule has 4 rings (SSSR count). The second-order valence-corrected chi connectivity index (χ2v) is 9.56. The van der Waals surface area contributed by atoms with Crippen molar-refractivity contribution < 1.29 is 22.0 Å². The van der Waals surface area contributed by atoms with Crippen LogP contribution in [0, 0.1) is 6.92 Å². The van der Waals surface area contributed by atoms with E-state index >= 15 is 0 Å². The summed E-state index contributed by atoms with van der Waals surface area (Å²) in [5, 5.41) is 0.229. The Morgan fingerprint density at radius 3 is 2.38 bits per heavy atom. The molecule has 1 amide bonds. The van der Waals surface area contributed by atoms with Gasteiger partial charge in [0.05, 0.1) is 17.7 Å². The van der Waals surface area contributed by atoms with Gasteiger partial charge in [0, 0.05) is 11.6 Å². The molecule has 6 nitrogen and oxygen atoms in total. The molecule has 0 saturated heterocycles. The van der Waals surface area contributed by atoms with Crippen molar-refractivity contribution in [1.29, 1.82) is 0 Å². The van der Waals surface area contributed by atoms with Crippen LogP contribution in [0.5, 0.6) is 0 Å². The Morgan fingerprint density at radius 1 is 0.938 bits per heavy atom. The number of hydrogen-bond acceptors (Lipinski definition) is 5. The molecule has 8 heteroatoms. The van der Waals surface area contributed by atoms with E-state index in [1.54, 1.807) is 36.4 Å². The van der Waals surface area contributed by atoms with Crippen LogP contribution in [0.1, 0.15) is 27.4 Å². The summed E-state index contributed by atoms with van der Waals surface area (Å²) < 4.78 is 36.7. The Kier molecular flexibility index (Phi) is 6.21. The van der Waals surface area contributed by atoms with Crippen molar-refractivity contribution in [2.75, 3.05) is 0 Å². The summed E-state index contributed by atoms with van der Waals surface area (Å²) in [6.45, 7) is 2.23. The summed E-state index contributed by atoms with van der Waals surface area (Å²) in [6, 6.07) is 19.8. The summed E-state index contributed by atoms with van der Waals surface area (Å²) in [6.07, 6.45) is 1.52. The monoisotopic (exact) mass is 469 g/mol. The molecular formula is C24H20ClNO5S. The maximum absolute atomic E-state index is 13.3. The molecular weight excluding hydrogens is 450 g/mol. The van der Waals surface area contributed by atoms with Crippen LogP contribution in [0.2, 0.25) is 5.02 Å². The number of hydrogen-bond donors (Lipinski definition) is 0. The first-order valence-corrected chi connectivity index (χ1v) is 11.7. The molecule has 0 unspecified atom stereocenters. The molecule has 0 N–H and O–H groups in total. The summed E-state index contributed by atoms with van der Waals surface area (Å²) in [5.41, 5.74) is 1.68. The molecule has 2 aromatic carbocycles. The molecule has 164 valence electrons. The molecule has 4 aromatic rings. The minimum atomic E-state index is -3.89. The lowest BCUT2D eigenvalue weighted by atomic mass is 10.2. The standard InChI is InChI=1S/C24H20ClNO5S/c1-17-8-10-20(11-9-17)32(28,29)23-13-12-22(31-23)24(27)26(16-19-6-4-14-30-19)15-18-5-2-3-7-21(18)25/h2-14H,15-16H2,1H3. The SMILES string of the molecule is Cc1ccc(S(=O)(=O)c2ccc(C(=O)N(Cc3ccco3)Cc3ccccc3Cl)o2)cc1. The number of furan rings is 2. The number of halogens is 1. The lowest BCUT2D eigenvalue weighted by molar-refractivity contribution is 0.0679. The fourth-order valence-electron chi connectivity index (χ4n) is 3.19.